The van der Waals surface area contributed by atoms with Crippen LogP contribution in [0.3, 0.4) is 0 Å². The highest BCUT2D eigenvalue weighted by molar-refractivity contribution is 6.03. The van der Waals surface area contributed by atoms with Crippen LogP contribution in [0.1, 0.15) is 31.6 Å². The summed E-state index contributed by atoms with van der Waals surface area (Å²) in [5, 5.41) is 9.79. The van der Waals surface area contributed by atoms with Gasteiger partial charge in [-0.2, -0.15) is 5.26 Å². The Morgan fingerprint density at radius 3 is 2.81 bits per heavy atom. The Hall–Kier alpha value is -2.41. The molecule has 3 nitrogen and oxygen atoms in total. The third-order valence-electron chi connectivity index (χ3n) is 3.23. The second kappa shape index (κ2) is 5.92. The molecule has 0 fully saturated rings. The number of rotatable bonds is 4. The molecule has 0 aliphatic heterocycles. The van der Waals surface area contributed by atoms with Crippen molar-refractivity contribution in [1.82, 2.24) is 0 Å². The second-order valence-electron chi connectivity index (χ2n) is 5.42. The van der Waals surface area contributed by atoms with Crippen molar-refractivity contribution in [3.63, 3.8) is 0 Å². The van der Waals surface area contributed by atoms with Gasteiger partial charge in [-0.15, -0.1) is 0 Å². The first kappa shape index (κ1) is 15.0. The van der Waals surface area contributed by atoms with E-state index in [0.717, 1.165) is 5.56 Å². The fraction of sp³-hybridized carbons (Fsp3) is 0.294. The number of allylic oxidation sites excluding steroid dienone is 1. The number of hydrogen-bond acceptors (Lipinski definition) is 3. The van der Waals surface area contributed by atoms with E-state index in [4.69, 9.17) is 9.68 Å². The lowest BCUT2D eigenvalue weighted by Crippen LogP contribution is -2.04. The number of nitrogens with zero attached hydrogens (tertiary/aromatic N) is 1. The number of hydrogen-bond donors (Lipinski definition) is 0. The fourth-order valence-corrected chi connectivity index (χ4v) is 2.14. The Kier molecular flexibility index (Phi) is 4.23. The number of carbonyl (C=O) groups is 1. The minimum atomic E-state index is -0.349. The van der Waals surface area contributed by atoms with Crippen LogP contribution in [0.25, 0.3) is 17.0 Å². The molecule has 0 unspecified atom stereocenters. The summed E-state index contributed by atoms with van der Waals surface area (Å²) in [6.45, 7) is 5.61. The van der Waals surface area contributed by atoms with Crippen molar-refractivity contribution >= 4 is 22.8 Å². The molecule has 2 aromatic rings. The topological polar surface area (TPSA) is 54.0 Å². The molecule has 1 heterocycles. The molecular formula is C17H16FNO2. The number of fused-ring (bicyclic) bond motifs is 1. The molecule has 0 amide bonds. The van der Waals surface area contributed by atoms with E-state index in [-0.39, 0.29) is 23.1 Å². The summed E-state index contributed by atoms with van der Waals surface area (Å²) in [7, 11) is 0. The molecular weight excluding hydrogens is 269 g/mol. The maximum Gasteiger partial charge on any atom is 0.173 e. The van der Waals surface area contributed by atoms with Crippen molar-refractivity contribution in [1.29, 1.82) is 5.26 Å². The minimum absolute atomic E-state index is 0.0614. The highest BCUT2D eigenvalue weighted by Crippen LogP contribution is 2.27. The predicted octanol–water partition coefficient (Wildman–Crippen LogP) is 4.40. The van der Waals surface area contributed by atoms with Crippen molar-refractivity contribution in [3.05, 3.63) is 40.9 Å². The molecule has 0 atom stereocenters. The van der Waals surface area contributed by atoms with Gasteiger partial charge < -0.3 is 4.42 Å². The smallest absolute Gasteiger partial charge is 0.173 e. The van der Waals surface area contributed by atoms with E-state index < -0.39 is 0 Å². The summed E-state index contributed by atoms with van der Waals surface area (Å²) in [6.07, 6.45) is 1.76. The lowest BCUT2D eigenvalue weighted by molar-refractivity contribution is -0.115. The molecule has 0 saturated carbocycles. The van der Waals surface area contributed by atoms with Gasteiger partial charge in [0.05, 0.1) is 5.57 Å². The first-order chi connectivity index (χ1) is 9.92. The molecule has 21 heavy (non-hydrogen) atoms. The van der Waals surface area contributed by atoms with E-state index in [1.54, 1.807) is 6.92 Å². The molecule has 4 heteroatoms. The monoisotopic (exact) mass is 285 g/mol. The molecule has 0 radical (unpaired) electrons. The van der Waals surface area contributed by atoms with Gasteiger partial charge in [0, 0.05) is 23.4 Å². The number of Topliss-reactive ketones (excluding diaryl/α,β-unsaturated/α-hetero) is 1. The third-order valence-corrected chi connectivity index (χ3v) is 3.23. The summed E-state index contributed by atoms with van der Waals surface area (Å²) >= 11 is 0. The van der Waals surface area contributed by atoms with Gasteiger partial charge in [-0.25, -0.2) is 4.39 Å². The normalized spacial score (nSPS) is 11.9. The number of furan rings is 1. The number of carbonyl (C=O) groups excluding carboxylic acids is 1. The van der Waals surface area contributed by atoms with Crippen molar-refractivity contribution < 1.29 is 13.6 Å². The van der Waals surface area contributed by atoms with Crippen LogP contribution in [0, 0.1) is 30.0 Å². The maximum absolute atomic E-state index is 13.3. The summed E-state index contributed by atoms with van der Waals surface area (Å²) in [4.78, 5) is 12.0. The molecule has 0 aliphatic rings. The first-order valence-electron chi connectivity index (χ1n) is 6.76. The van der Waals surface area contributed by atoms with Gasteiger partial charge in [0.25, 0.3) is 0 Å². The van der Waals surface area contributed by atoms with E-state index in [0.29, 0.717) is 23.2 Å². The Balaban J connectivity index is 2.46. The Morgan fingerprint density at radius 1 is 1.48 bits per heavy atom. The summed E-state index contributed by atoms with van der Waals surface area (Å²) in [5.74, 6) is 0.0428. The third kappa shape index (κ3) is 3.19. The van der Waals surface area contributed by atoms with Gasteiger partial charge in [0.15, 0.2) is 5.78 Å². The highest BCUT2D eigenvalue weighted by Gasteiger charge is 2.15. The molecule has 0 saturated heterocycles. The predicted molar refractivity (Wildman–Crippen MR) is 79.0 cm³/mol. The lowest BCUT2D eigenvalue weighted by Gasteiger charge is -2.01. The molecule has 0 N–H and O–H groups in total. The Labute approximate surface area is 122 Å². The fourth-order valence-electron chi connectivity index (χ4n) is 2.14. The Bertz CT molecular complexity index is 763. The largest absolute Gasteiger partial charge is 0.456 e. The van der Waals surface area contributed by atoms with Crippen LogP contribution in [0.5, 0.6) is 0 Å². The van der Waals surface area contributed by atoms with Gasteiger partial charge in [-0.3, -0.25) is 4.79 Å². The number of aryl methyl sites for hydroxylation is 1. The van der Waals surface area contributed by atoms with Crippen molar-refractivity contribution in [2.24, 2.45) is 5.92 Å². The van der Waals surface area contributed by atoms with Gasteiger partial charge in [0.1, 0.15) is 23.2 Å². The van der Waals surface area contributed by atoms with Crippen LogP contribution in [0.15, 0.2) is 28.2 Å². The summed E-state index contributed by atoms with van der Waals surface area (Å²) in [6, 6.07) is 6.15. The lowest BCUT2D eigenvalue weighted by atomic mass is 10.0. The van der Waals surface area contributed by atoms with Crippen LogP contribution in [-0.4, -0.2) is 5.78 Å². The average molecular weight is 285 g/mol. The number of benzene rings is 1. The van der Waals surface area contributed by atoms with Crippen LogP contribution in [-0.2, 0) is 4.79 Å². The van der Waals surface area contributed by atoms with E-state index in [1.165, 1.54) is 24.3 Å². The number of nitriles is 1. The van der Waals surface area contributed by atoms with Crippen molar-refractivity contribution in [2.45, 2.75) is 27.2 Å². The molecule has 2 rings (SSSR count). The number of ketones is 1. The SMILES string of the molecule is Cc1c(/C=C(\C#N)C(=O)CC(C)C)oc2ccc(F)cc12. The van der Waals surface area contributed by atoms with Gasteiger partial charge in [0.2, 0.25) is 0 Å². The van der Waals surface area contributed by atoms with Crippen molar-refractivity contribution in [3.8, 4) is 6.07 Å². The van der Waals surface area contributed by atoms with E-state index >= 15 is 0 Å². The van der Waals surface area contributed by atoms with E-state index in [9.17, 15) is 9.18 Å². The molecule has 1 aromatic heterocycles. The van der Waals surface area contributed by atoms with Gasteiger partial charge in [-0.05, 0) is 31.0 Å². The maximum atomic E-state index is 13.3. The summed E-state index contributed by atoms with van der Waals surface area (Å²) in [5.41, 5.74) is 1.31. The van der Waals surface area contributed by atoms with Crippen LogP contribution >= 0.6 is 0 Å². The quantitative estimate of drug-likeness (QED) is 0.618. The van der Waals surface area contributed by atoms with Crippen LogP contribution in [0.2, 0.25) is 0 Å². The number of halogens is 1. The van der Waals surface area contributed by atoms with Gasteiger partial charge in [-0.1, -0.05) is 13.8 Å². The summed E-state index contributed by atoms with van der Waals surface area (Å²) < 4.78 is 18.9. The molecule has 108 valence electrons. The zero-order valence-electron chi connectivity index (χ0n) is 12.2. The average Bonchev–Trinajstić information content (AvgIpc) is 2.72. The van der Waals surface area contributed by atoms with Crippen LogP contribution in [0.4, 0.5) is 4.39 Å². The second-order valence-corrected chi connectivity index (χ2v) is 5.42. The zero-order valence-corrected chi connectivity index (χ0v) is 12.2. The van der Waals surface area contributed by atoms with Gasteiger partial charge >= 0.3 is 0 Å². The highest BCUT2D eigenvalue weighted by atomic mass is 19.1. The van der Waals surface area contributed by atoms with E-state index in [2.05, 4.69) is 0 Å². The minimum Gasteiger partial charge on any atom is -0.456 e. The molecule has 0 spiro atoms. The van der Waals surface area contributed by atoms with E-state index in [1.807, 2.05) is 19.9 Å². The zero-order chi connectivity index (χ0) is 15.6. The molecule has 0 aliphatic carbocycles. The first-order valence-corrected chi connectivity index (χ1v) is 6.76. The molecule has 1 aromatic carbocycles. The van der Waals surface area contributed by atoms with Crippen molar-refractivity contribution in [2.75, 3.05) is 0 Å². The van der Waals surface area contributed by atoms with Crippen LogP contribution < -0.4 is 0 Å². The Morgan fingerprint density at radius 2 is 2.19 bits per heavy atom. The molecule has 0 bridgehead atoms. The standard InChI is InChI=1S/C17H16FNO2/c1-10(2)6-15(20)12(9-19)7-17-11(3)14-8-13(18)4-5-16(14)21-17/h4-5,7-8,10H,6H2,1-3H3/b12-7+.